The first-order chi connectivity index (χ1) is 11.0. The first-order valence-corrected chi connectivity index (χ1v) is 7.60. The van der Waals surface area contributed by atoms with Crippen molar-refractivity contribution in [2.45, 2.75) is 6.54 Å². The van der Waals surface area contributed by atoms with Gasteiger partial charge >= 0.3 is 0 Å². The van der Waals surface area contributed by atoms with Crippen molar-refractivity contribution in [2.75, 3.05) is 0 Å². The van der Waals surface area contributed by atoms with Gasteiger partial charge in [-0.1, -0.05) is 53.5 Å². The molecule has 3 rings (SSSR count). The van der Waals surface area contributed by atoms with E-state index in [9.17, 15) is 9.90 Å². The standard InChI is InChI=1S/C17H12Cl2N2O2/c18-13-7-5-11(6-8-13)17-15(22)9-16(23)21(20-17)10-12-3-1-2-4-14(12)19/h1-9,22H,10H2. The maximum atomic E-state index is 12.1. The molecule has 0 aliphatic carbocycles. The van der Waals surface area contributed by atoms with Gasteiger partial charge in [0.2, 0.25) is 0 Å². The van der Waals surface area contributed by atoms with Gasteiger partial charge in [-0.3, -0.25) is 4.79 Å². The van der Waals surface area contributed by atoms with Crippen molar-refractivity contribution < 1.29 is 5.11 Å². The molecule has 0 unspecified atom stereocenters. The lowest BCUT2D eigenvalue weighted by molar-refractivity contribution is 0.465. The van der Waals surface area contributed by atoms with Gasteiger partial charge < -0.3 is 5.11 Å². The van der Waals surface area contributed by atoms with Crippen molar-refractivity contribution in [3.63, 3.8) is 0 Å². The second-order valence-corrected chi connectivity index (χ2v) is 5.82. The average Bonchev–Trinajstić information content (AvgIpc) is 2.53. The Balaban J connectivity index is 2.05. The van der Waals surface area contributed by atoms with Crippen LogP contribution in [0.4, 0.5) is 0 Å². The summed E-state index contributed by atoms with van der Waals surface area (Å²) in [7, 11) is 0. The molecule has 1 aromatic heterocycles. The first kappa shape index (κ1) is 15.6. The Labute approximate surface area is 142 Å². The van der Waals surface area contributed by atoms with Crippen molar-refractivity contribution >= 4 is 23.2 Å². The number of aromatic hydroxyl groups is 1. The topological polar surface area (TPSA) is 55.1 Å². The Kier molecular flexibility index (Phi) is 4.37. The number of rotatable bonds is 3. The van der Waals surface area contributed by atoms with Crippen LogP contribution < -0.4 is 5.56 Å². The van der Waals surface area contributed by atoms with E-state index in [1.54, 1.807) is 30.3 Å². The summed E-state index contributed by atoms with van der Waals surface area (Å²) >= 11 is 12.0. The number of halogens is 2. The van der Waals surface area contributed by atoms with Gasteiger partial charge in [-0.2, -0.15) is 5.10 Å². The van der Waals surface area contributed by atoms with Crippen LogP contribution in [0.1, 0.15) is 5.56 Å². The van der Waals surface area contributed by atoms with Crippen molar-refractivity contribution in [3.8, 4) is 17.0 Å². The van der Waals surface area contributed by atoms with Gasteiger partial charge in [-0.15, -0.1) is 0 Å². The van der Waals surface area contributed by atoms with Crippen molar-refractivity contribution in [1.82, 2.24) is 9.78 Å². The van der Waals surface area contributed by atoms with E-state index in [1.807, 2.05) is 18.2 Å². The molecule has 0 aliphatic rings. The Morgan fingerprint density at radius 1 is 1.04 bits per heavy atom. The highest BCUT2D eigenvalue weighted by Gasteiger charge is 2.11. The van der Waals surface area contributed by atoms with Gasteiger partial charge in [0, 0.05) is 21.7 Å². The van der Waals surface area contributed by atoms with E-state index in [1.165, 1.54) is 4.68 Å². The molecule has 0 fully saturated rings. The molecule has 0 atom stereocenters. The molecule has 0 saturated heterocycles. The number of aromatic nitrogens is 2. The lowest BCUT2D eigenvalue weighted by Crippen LogP contribution is -2.23. The van der Waals surface area contributed by atoms with Crippen LogP contribution in [0, 0.1) is 0 Å². The second-order valence-electron chi connectivity index (χ2n) is 4.97. The summed E-state index contributed by atoms with van der Waals surface area (Å²) < 4.78 is 1.27. The average molecular weight is 347 g/mol. The predicted octanol–water partition coefficient (Wildman–Crippen LogP) is 3.97. The summed E-state index contributed by atoms with van der Waals surface area (Å²) in [5.41, 5.74) is 1.35. The molecule has 4 nitrogen and oxygen atoms in total. The molecular formula is C17H12Cl2N2O2. The summed E-state index contributed by atoms with van der Waals surface area (Å²) in [6, 6.07) is 15.2. The van der Waals surface area contributed by atoms with E-state index in [0.29, 0.717) is 21.3 Å². The Bertz CT molecular complexity index is 905. The largest absolute Gasteiger partial charge is 0.505 e. The van der Waals surface area contributed by atoms with Gasteiger partial charge in [-0.05, 0) is 23.8 Å². The molecule has 116 valence electrons. The minimum Gasteiger partial charge on any atom is -0.505 e. The minimum absolute atomic E-state index is 0.173. The molecule has 0 amide bonds. The second kappa shape index (κ2) is 6.44. The highest BCUT2D eigenvalue weighted by molar-refractivity contribution is 6.31. The number of benzene rings is 2. The van der Waals surface area contributed by atoms with Crippen molar-refractivity contribution in [2.24, 2.45) is 0 Å². The summed E-state index contributed by atoms with van der Waals surface area (Å²) in [6.07, 6.45) is 0. The van der Waals surface area contributed by atoms with Gasteiger partial charge in [0.15, 0.2) is 0 Å². The van der Waals surface area contributed by atoms with Crippen LogP contribution in [0.5, 0.6) is 5.75 Å². The molecule has 0 spiro atoms. The zero-order valence-electron chi connectivity index (χ0n) is 11.9. The Morgan fingerprint density at radius 3 is 2.43 bits per heavy atom. The van der Waals surface area contributed by atoms with E-state index in [4.69, 9.17) is 23.2 Å². The molecular weight excluding hydrogens is 335 g/mol. The third-order valence-electron chi connectivity index (χ3n) is 3.37. The fourth-order valence-corrected chi connectivity index (χ4v) is 2.52. The maximum absolute atomic E-state index is 12.1. The summed E-state index contributed by atoms with van der Waals surface area (Å²) in [5, 5.41) is 15.4. The van der Waals surface area contributed by atoms with Crippen LogP contribution in [0.2, 0.25) is 10.0 Å². The zero-order chi connectivity index (χ0) is 16.4. The predicted molar refractivity (Wildman–Crippen MR) is 91.2 cm³/mol. The SMILES string of the molecule is O=c1cc(O)c(-c2ccc(Cl)cc2)nn1Cc1ccccc1Cl. The Hall–Kier alpha value is -2.30. The number of hydrogen-bond donors (Lipinski definition) is 1. The van der Waals surface area contributed by atoms with Crippen LogP contribution in [-0.4, -0.2) is 14.9 Å². The fourth-order valence-electron chi connectivity index (χ4n) is 2.20. The van der Waals surface area contributed by atoms with Crippen LogP contribution >= 0.6 is 23.2 Å². The van der Waals surface area contributed by atoms with Crippen LogP contribution in [0.15, 0.2) is 59.4 Å². The van der Waals surface area contributed by atoms with Gasteiger partial charge in [0.25, 0.3) is 5.56 Å². The monoisotopic (exact) mass is 346 g/mol. The van der Waals surface area contributed by atoms with E-state index in [0.717, 1.165) is 11.6 Å². The molecule has 1 N–H and O–H groups in total. The van der Waals surface area contributed by atoms with Gasteiger partial charge in [-0.25, -0.2) is 4.68 Å². The van der Waals surface area contributed by atoms with Crippen LogP contribution in [0.3, 0.4) is 0 Å². The molecule has 2 aromatic carbocycles. The zero-order valence-corrected chi connectivity index (χ0v) is 13.4. The molecule has 23 heavy (non-hydrogen) atoms. The van der Waals surface area contributed by atoms with Crippen LogP contribution in [0.25, 0.3) is 11.3 Å². The summed E-state index contributed by atoms with van der Waals surface area (Å²) in [4.78, 5) is 12.1. The van der Waals surface area contributed by atoms with E-state index in [2.05, 4.69) is 5.10 Å². The van der Waals surface area contributed by atoms with Crippen molar-refractivity contribution in [3.05, 3.63) is 80.6 Å². The van der Waals surface area contributed by atoms with Crippen LogP contribution in [-0.2, 0) is 6.54 Å². The molecule has 0 radical (unpaired) electrons. The first-order valence-electron chi connectivity index (χ1n) is 6.85. The lowest BCUT2D eigenvalue weighted by atomic mass is 10.1. The smallest absolute Gasteiger partial charge is 0.270 e. The van der Waals surface area contributed by atoms with E-state index in [-0.39, 0.29) is 12.3 Å². The molecule has 0 saturated carbocycles. The molecule has 0 bridgehead atoms. The number of nitrogens with zero attached hydrogens (tertiary/aromatic N) is 2. The van der Waals surface area contributed by atoms with Crippen molar-refractivity contribution in [1.29, 1.82) is 0 Å². The molecule has 1 heterocycles. The highest BCUT2D eigenvalue weighted by atomic mass is 35.5. The quantitative estimate of drug-likeness (QED) is 0.780. The van der Waals surface area contributed by atoms with Gasteiger partial charge in [0.05, 0.1) is 6.54 Å². The van der Waals surface area contributed by atoms with E-state index >= 15 is 0 Å². The molecule has 0 aliphatic heterocycles. The normalized spacial score (nSPS) is 10.7. The highest BCUT2D eigenvalue weighted by Crippen LogP contribution is 2.26. The third-order valence-corrected chi connectivity index (χ3v) is 3.99. The fraction of sp³-hybridized carbons (Fsp3) is 0.0588. The minimum atomic E-state index is -0.403. The summed E-state index contributed by atoms with van der Waals surface area (Å²) in [5.74, 6) is -0.173. The maximum Gasteiger partial charge on any atom is 0.270 e. The Morgan fingerprint density at radius 2 is 1.74 bits per heavy atom. The third kappa shape index (κ3) is 3.38. The molecule has 6 heteroatoms. The van der Waals surface area contributed by atoms with E-state index < -0.39 is 5.56 Å². The number of hydrogen-bond acceptors (Lipinski definition) is 3. The van der Waals surface area contributed by atoms with Gasteiger partial charge in [0.1, 0.15) is 11.4 Å². The lowest BCUT2D eigenvalue weighted by Gasteiger charge is -2.10. The molecule has 3 aromatic rings. The summed E-state index contributed by atoms with van der Waals surface area (Å²) in [6.45, 7) is 0.222.